The maximum absolute atomic E-state index is 13.8. The van der Waals surface area contributed by atoms with Gasteiger partial charge in [-0.05, 0) is 26.0 Å². The Kier molecular flexibility index (Phi) is 5.15. The summed E-state index contributed by atoms with van der Waals surface area (Å²) in [5, 5.41) is 2.97. The fraction of sp³-hybridized carbons (Fsp3) is 0.312. The van der Waals surface area contributed by atoms with E-state index in [1.54, 1.807) is 24.8 Å². The first kappa shape index (κ1) is 17.1. The van der Waals surface area contributed by atoms with E-state index in [0.717, 1.165) is 0 Å². The second-order valence-corrected chi connectivity index (χ2v) is 5.80. The first-order valence-corrected chi connectivity index (χ1v) is 7.42. The van der Waals surface area contributed by atoms with E-state index >= 15 is 0 Å². The van der Waals surface area contributed by atoms with Crippen molar-refractivity contribution in [2.45, 2.75) is 20.3 Å². The molecule has 23 heavy (non-hydrogen) atoms. The molecule has 1 heterocycles. The second kappa shape index (κ2) is 6.91. The second-order valence-electron chi connectivity index (χ2n) is 5.39. The smallest absolute Gasteiger partial charge is 0.229 e. The van der Waals surface area contributed by atoms with E-state index in [-0.39, 0.29) is 22.9 Å². The van der Waals surface area contributed by atoms with E-state index < -0.39 is 5.82 Å². The van der Waals surface area contributed by atoms with E-state index in [0.29, 0.717) is 23.0 Å². The van der Waals surface area contributed by atoms with Crippen LogP contribution in [0.3, 0.4) is 0 Å². The zero-order valence-corrected chi connectivity index (χ0v) is 14.2. The zero-order valence-electron chi connectivity index (χ0n) is 13.4. The van der Waals surface area contributed by atoms with Gasteiger partial charge in [0.1, 0.15) is 5.82 Å². The number of nitrogens with one attached hydrogen (secondary N) is 1. The van der Waals surface area contributed by atoms with Gasteiger partial charge in [0.15, 0.2) is 0 Å². The minimum absolute atomic E-state index is 0.153. The van der Waals surface area contributed by atoms with Crippen LogP contribution in [0.5, 0.6) is 0 Å². The third-order valence-corrected chi connectivity index (χ3v) is 3.68. The van der Waals surface area contributed by atoms with Crippen molar-refractivity contribution in [3.63, 3.8) is 0 Å². The minimum Gasteiger partial charge on any atom is -0.347 e. The third kappa shape index (κ3) is 3.96. The van der Waals surface area contributed by atoms with E-state index in [2.05, 4.69) is 15.3 Å². The van der Waals surface area contributed by atoms with Crippen LogP contribution in [0.1, 0.15) is 17.0 Å². The molecule has 0 aliphatic carbocycles. The number of amides is 1. The molecular formula is C16H18ClFN4O. The Hall–Kier alpha value is -2.21. The molecule has 0 fully saturated rings. The molecule has 0 bridgehead atoms. The molecule has 7 heteroatoms. The first-order chi connectivity index (χ1) is 10.8. The number of aryl methyl sites for hydroxylation is 2. The lowest BCUT2D eigenvalue weighted by Crippen LogP contribution is -2.20. The summed E-state index contributed by atoms with van der Waals surface area (Å²) in [5.41, 5.74) is 2.00. The van der Waals surface area contributed by atoms with Crippen LogP contribution in [0, 0.1) is 19.7 Å². The summed E-state index contributed by atoms with van der Waals surface area (Å²) in [6, 6.07) is 4.33. The van der Waals surface area contributed by atoms with Crippen molar-refractivity contribution in [1.82, 2.24) is 9.97 Å². The summed E-state index contributed by atoms with van der Waals surface area (Å²) in [4.78, 5) is 22.6. The van der Waals surface area contributed by atoms with Crippen LogP contribution in [0.25, 0.3) is 0 Å². The quantitative estimate of drug-likeness (QED) is 0.932. The number of carbonyl (C=O) groups is 1. The van der Waals surface area contributed by atoms with E-state index in [9.17, 15) is 9.18 Å². The largest absolute Gasteiger partial charge is 0.347 e. The number of nitrogens with zero attached hydrogens (tertiary/aromatic N) is 3. The number of hydrogen-bond acceptors (Lipinski definition) is 4. The Bertz CT molecular complexity index is 706. The lowest BCUT2D eigenvalue weighted by atomic mass is 10.1. The summed E-state index contributed by atoms with van der Waals surface area (Å²) >= 11 is 5.94. The molecule has 0 spiro atoms. The molecule has 0 unspecified atom stereocenters. The van der Waals surface area contributed by atoms with Gasteiger partial charge < -0.3 is 10.2 Å². The Morgan fingerprint density at radius 3 is 2.39 bits per heavy atom. The maximum atomic E-state index is 13.8. The molecule has 0 atom stereocenters. The van der Waals surface area contributed by atoms with Gasteiger partial charge in [-0.25, -0.2) is 14.4 Å². The number of hydrogen-bond donors (Lipinski definition) is 1. The minimum atomic E-state index is -0.500. The van der Waals surface area contributed by atoms with Crippen LogP contribution < -0.4 is 10.2 Å². The van der Waals surface area contributed by atoms with Crippen LogP contribution in [0.15, 0.2) is 18.2 Å². The average molecular weight is 337 g/mol. The SMILES string of the molecule is Cc1nc(N(C)C)nc(C)c1NC(=O)Cc1c(F)cccc1Cl. The molecule has 0 radical (unpaired) electrons. The van der Waals surface area contributed by atoms with Gasteiger partial charge in [-0.2, -0.15) is 0 Å². The molecule has 1 aromatic carbocycles. The molecule has 5 nitrogen and oxygen atoms in total. The fourth-order valence-electron chi connectivity index (χ4n) is 2.12. The average Bonchev–Trinajstić information content (AvgIpc) is 2.46. The Morgan fingerprint density at radius 1 is 1.26 bits per heavy atom. The van der Waals surface area contributed by atoms with Crippen molar-refractivity contribution in [1.29, 1.82) is 0 Å². The van der Waals surface area contributed by atoms with Gasteiger partial charge in [-0.15, -0.1) is 0 Å². The van der Waals surface area contributed by atoms with Crippen LogP contribution >= 0.6 is 11.6 Å². The number of rotatable bonds is 4. The summed E-state index contributed by atoms with van der Waals surface area (Å²) < 4.78 is 13.8. The van der Waals surface area contributed by atoms with Gasteiger partial charge in [-0.3, -0.25) is 4.79 Å². The fourth-order valence-corrected chi connectivity index (χ4v) is 2.35. The third-order valence-electron chi connectivity index (χ3n) is 3.32. The monoisotopic (exact) mass is 336 g/mol. The predicted molar refractivity (Wildman–Crippen MR) is 89.6 cm³/mol. The van der Waals surface area contributed by atoms with Gasteiger partial charge >= 0.3 is 0 Å². The standard InChI is InChI=1S/C16H18ClFN4O/c1-9-15(10(2)20-16(19-9)22(3)4)21-14(23)8-11-12(17)6-5-7-13(11)18/h5-7H,8H2,1-4H3,(H,21,23). The number of anilines is 2. The zero-order chi connectivity index (χ0) is 17.1. The molecule has 1 N–H and O–H groups in total. The maximum Gasteiger partial charge on any atom is 0.229 e. The van der Waals surface area contributed by atoms with Crippen molar-refractivity contribution < 1.29 is 9.18 Å². The highest BCUT2D eigenvalue weighted by Gasteiger charge is 2.15. The molecule has 1 aromatic heterocycles. The molecule has 2 rings (SSSR count). The first-order valence-electron chi connectivity index (χ1n) is 7.05. The van der Waals surface area contributed by atoms with Crippen molar-refractivity contribution in [3.8, 4) is 0 Å². The van der Waals surface area contributed by atoms with Gasteiger partial charge in [0.25, 0.3) is 0 Å². The van der Waals surface area contributed by atoms with Crippen molar-refractivity contribution in [2.24, 2.45) is 0 Å². The molecule has 122 valence electrons. The molecular weight excluding hydrogens is 319 g/mol. The highest BCUT2D eigenvalue weighted by molar-refractivity contribution is 6.31. The highest BCUT2D eigenvalue weighted by Crippen LogP contribution is 2.22. The van der Waals surface area contributed by atoms with E-state index in [4.69, 9.17) is 11.6 Å². The summed E-state index contributed by atoms with van der Waals surface area (Å²) in [6.45, 7) is 3.57. The van der Waals surface area contributed by atoms with Crippen molar-refractivity contribution >= 4 is 29.1 Å². The Labute approximate surface area is 139 Å². The molecule has 1 amide bonds. The van der Waals surface area contributed by atoms with Gasteiger partial charge in [0.05, 0.1) is 23.5 Å². The summed E-state index contributed by atoms with van der Waals surface area (Å²) in [5.74, 6) is -0.306. The normalized spacial score (nSPS) is 10.5. The molecule has 0 saturated carbocycles. The van der Waals surface area contributed by atoms with Crippen molar-refractivity contribution in [3.05, 3.63) is 46.0 Å². The number of carbonyl (C=O) groups excluding carboxylic acids is 1. The Balaban J connectivity index is 2.21. The topological polar surface area (TPSA) is 58.1 Å². The summed E-state index contributed by atoms with van der Waals surface area (Å²) in [7, 11) is 3.68. The molecule has 0 aliphatic heterocycles. The lowest BCUT2D eigenvalue weighted by molar-refractivity contribution is -0.115. The van der Waals surface area contributed by atoms with Gasteiger partial charge in [0, 0.05) is 24.7 Å². The number of aromatic nitrogens is 2. The highest BCUT2D eigenvalue weighted by atomic mass is 35.5. The van der Waals surface area contributed by atoms with E-state index in [1.165, 1.54) is 12.1 Å². The number of benzene rings is 1. The predicted octanol–water partition coefficient (Wildman–Crippen LogP) is 3.13. The van der Waals surface area contributed by atoms with Crippen LogP contribution in [-0.4, -0.2) is 30.0 Å². The van der Waals surface area contributed by atoms with Crippen LogP contribution in [0.4, 0.5) is 16.0 Å². The molecule has 2 aromatic rings. The van der Waals surface area contributed by atoms with Gasteiger partial charge in [-0.1, -0.05) is 17.7 Å². The van der Waals surface area contributed by atoms with Crippen molar-refractivity contribution in [2.75, 3.05) is 24.3 Å². The number of halogens is 2. The molecule has 0 aliphatic rings. The van der Waals surface area contributed by atoms with Gasteiger partial charge in [0.2, 0.25) is 11.9 Å². The van der Waals surface area contributed by atoms with Crippen LogP contribution in [0.2, 0.25) is 5.02 Å². The molecule has 0 saturated heterocycles. The Morgan fingerprint density at radius 2 is 1.87 bits per heavy atom. The van der Waals surface area contributed by atoms with Crippen LogP contribution in [-0.2, 0) is 11.2 Å². The lowest BCUT2D eigenvalue weighted by Gasteiger charge is -2.16. The summed E-state index contributed by atoms with van der Waals surface area (Å²) in [6.07, 6.45) is -0.153. The van der Waals surface area contributed by atoms with E-state index in [1.807, 2.05) is 14.1 Å².